The third kappa shape index (κ3) is 8.45. The van der Waals surface area contributed by atoms with Gasteiger partial charge in [-0.1, -0.05) is 30.3 Å². The molecule has 11 heteroatoms. The minimum Gasteiger partial charge on any atom is -0.466 e. The predicted octanol–water partition coefficient (Wildman–Crippen LogP) is 6.72. The molecule has 226 valence electrons. The molecule has 2 fully saturated rings. The van der Waals surface area contributed by atoms with Crippen molar-refractivity contribution in [2.24, 2.45) is 5.92 Å². The van der Waals surface area contributed by atoms with Gasteiger partial charge in [0.2, 0.25) is 0 Å². The van der Waals surface area contributed by atoms with E-state index in [0.29, 0.717) is 24.8 Å². The lowest BCUT2D eigenvalue weighted by Crippen LogP contribution is -2.52. The van der Waals surface area contributed by atoms with Gasteiger partial charge in [-0.3, -0.25) is 14.6 Å². The Balaban J connectivity index is 1.37. The van der Waals surface area contributed by atoms with Crippen LogP contribution >= 0.6 is 0 Å². The molecule has 2 aromatic carbocycles. The molecule has 0 bridgehead atoms. The third-order valence-electron chi connectivity index (χ3n) is 8.00. The van der Waals surface area contributed by atoms with Gasteiger partial charge >= 0.3 is 18.3 Å². The summed E-state index contributed by atoms with van der Waals surface area (Å²) in [5.74, 6) is -0.141. The van der Waals surface area contributed by atoms with Gasteiger partial charge in [-0.2, -0.15) is 26.3 Å². The molecule has 1 atom stereocenters. The Morgan fingerprint density at radius 1 is 0.878 bits per heavy atom. The van der Waals surface area contributed by atoms with E-state index in [-0.39, 0.29) is 42.8 Å². The van der Waals surface area contributed by atoms with Gasteiger partial charge in [-0.15, -0.1) is 0 Å². The van der Waals surface area contributed by atoms with Crippen molar-refractivity contribution in [1.82, 2.24) is 9.80 Å². The van der Waals surface area contributed by atoms with Crippen LogP contribution in [0.25, 0.3) is 0 Å². The first-order valence-corrected chi connectivity index (χ1v) is 14.0. The van der Waals surface area contributed by atoms with Crippen LogP contribution in [0.4, 0.5) is 26.3 Å². The number of carbonyl (C=O) groups excluding carboxylic acids is 1. The zero-order chi connectivity index (χ0) is 29.6. The molecule has 0 spiro atoms. The van der Waals surface area contributed by atoms with Gasteiger partial charge in [0.15, 0.2) is 0 Å². The number of ether oxygens (including phenoxy) is 2. The average Bonchev–Trinajstić information content (AvgIpc) is 2.95. The van der Waals surface area contributed by atoms with Crippen molar-refractivity contribution in [3.05, 3.63) is 70.8 Å². The first-order valence-electron chi connectivity index (χ1n) is 14.0. The first-order chi connectivity index (χ1) is 19.5. The van der Waals surface area contributed by atoms with Crippen LogP contribution in [-0.4, -0.2) is 61.2 Å². The maximum absolute atomic E-state index is 13.3. The van der Waals surface area contributed by atoms with E-state index < -0.39 is 23.5 Å². The van der Waals surface area contributed by atoms with E-state index in [0.717, 1.165) is 57.4 Å². The number of alkyl halides is 6. The summed E-state index contributed by atoms with van der Waals surface area (Å²) >= 11 is 0. The Morgan fingerprint density at radius 2 is 1.46 bits per heavy atom. The molecule has 2 aliphatic rings. The Morgan fingerprint density at radius 3 is 2.00 bits per heavy atom. The molecule has 0 N–H and O–H groups in total. The second kappa shape index (κ2) is 13.6. The second-order valence-corrected chi connectivity index (χ2v) is 10.7. The van der Waals surface area contributed by atoms with Crippen LogP contribution in [0.1, 0.15) is 60.9 Å². The van der Waals surface area contributed by atoms with Gasteiger partial charge < -0.3 is 9.47 Å². The predicted molar refractivity (Wildman–Crippen MR) is 141 cm³/mol. The SMILES string of the molecule is CCOC(=O)C1CCC(N2CCN(C(COCc3cc(C(F)(F)F)cc(C(F)(F)F)c3)c3ccccc3)CC2)CC1. The Kier molecular flexibility index (Phi) is 10.4. The van der Waals surface area contributed by atoms with Crippen LogP contribution < -0.4 is 0 Å². The monoisotopic (exact) mass is 586 g/mol. The quantitative estimate of drug-likeness (QED) is 0.241. The third-order valence-corrected chi connectivity index (χ3v) is 8.00. The second-order valence-electron chi connectivity index (χ2n) is 10.7. The van der Waals surface area contributed by atoms with E-state index in [1.807, 2.05) is 37.3 Å². The van der Waals surface area contributed by atoms with Crippen molar-refractivity contribution in [2.75, 3.05) is 39.4 Å². The van der Waals surface area contributed by atoms with E-state index in [1.54, 1.807) is 0 Å². The lowest BCUT2D eigenvalue weighted by Gasteiger charge is -2.44. The molecule has 0 amide bonds. The molecular formula is C30H36F6N2O3. The molecule has 1 aliphatic carbocycles. The lowest BCUT2D eigenvalue weighted by atomic mass is 9.85. The zero-order valence-electron chi connectivity index (χ0n) is 23.0. The summed E-state index contributed by atoms with van der Waals surface area (Å²) in [7, 11) is 0. The highest BCUT2D eigenvalue weighted by Gasteiger charge is 2.37. The number of hydrogen-bond acceptors (Lipinski definition) is 5. The maximum Gasteiger partial charge on any atom is 0.416 e. The summed E-state index contributed by atoms with van der Waals surface area (Å²) in [6.07, 6.45) is -6.30. The number of carbonyl (C=O) groups is 1. The number of piperazine rings is 1. The Labute approximate surface area is 236 Å². The first kappa shape index (κ1) is 31.3. The van der Waals surface area contributed by atoms with Crippen molar-refractivity contribution < 1.29 is 40.6 Å². The highest BCUT2D eigenvalue weighted by Crippen LogP contribution is 2.37. The highest BCUT2D eigenvalue weighted by molar-refractivity contribution is 5.72. The lowest BCUT2D eigenvalue weighted by molar-refractivity contribution is -0.149. The molecule has 4 rings (SSSR count). The summed E-state index contributed by atoms with van der Waals surface area (Å²) < 4.78 is 90.5. The molecule has 2 aromatic rings. The van der Waals surface area contributed by atoms with E-state index in [4.69, 9.17) is 9.47 Å². The van der Waals surface area contributed by atoms with Crippen LogP contribution in [0.3, 0.4) is 0 Å². The van der Waals surface area contributed by atoms with Gasteiger partial charge in [-0.05, 0) is 61.9 Å². The maximum atomic E-state index is 13.3. The fourth-order valence-corrected chi connectivity index (χ4v) is 5.83. The van der Waals surface area contributed by atoms with Crippen LogP contribution in [0.2, 0.25) is 0 Å². The smallest absolute Gasteiger partial charge is 0.416 e. The van der Waals surface area contributed by atoms with E-state index in [9.17, 15) is 31.1 Å². The largest absolute Gasteiger partial charge is 0.466 e. The standard InChI is InChI=1S/C30H36F6N2O3/c1-2-41-28(39)23-8-10-26(11-9-23)37-12-14-38(15-13-37)27(22-6-4-3-5-7-22)20-40-19-21-16-24(29(31,32)33)18-25(17-21)30(34,35)36/h3-7,16-18,23,26-27H,2,8-15,19-20H2,1H3. The highest BCUT2D eigenvalue weighted by atomic mass is 19.4. The summed E-state index contributed by atoms with van der Waals surface area (Å²) in [6, 6.07) is 11.3. The molecule has 0 aromatic heterocycles. The summed E-state index contributed by atoms with van der Waals surface area (Å²) in [5, 5.41) is 0. The zero-order valence-corrected chi connectivity index (χ0v) is 23.0. The molecule has 0 radical (unpaired) electrons. The van der Waals surface area contributed by atoms with Crippen molar-refractivity contribution >= 4 is 5.97 Å². The van der Waals surface area contributed by atoms with Crippen molar-refractivity contribution in [2.45, 2.75) is 63.7 Å². The van der Waals surface area contributed by atoms with Crippen LogP contribution in [-0.2, 0) is 33.2 Å². The topological polar surface area (TPSA) is 42.0 Å². The van der Waals surface area contributed by atoms with Gasteiger partial charge in [0.1, 0.15) is 0 Å². The molecule has 1 saturated heterocycles. The molecule has 1 saturated carbocycles. The minimum absolute atomic E-state index is 0.0314. The van der Waals surface area contributed by atoms with Crippen molar-refractivity contribution in [3.8, 4) is 0 Å². The Hall–Kier alpha value is -2.63. The van der Waals surface area contributed by atoms with Gasteiger partial charge in [0.05, 0.1) is 42.9 Å². The van der Waals surface area contributed by atoms with Crippen LogP contribution in [0.5, 0.6) is 0 Å². The molecule has 1 heterocycles. The Bertz CT molecular complexity index is 1090. The van der Waals surface area contributed by atoms with E-state index in [1.165, 1.54) is 0 Å². The number of nitrogens with zero attached hydrogens (tertiary/aromatic N) is 2. The number of halogens is 6. The normalized spacial score (nSPS) is 21.9. The molecule has 5 nitrogen and oxygen atoms in total. The molecule has 1 aliphatic heterocycles. The van der Waals surface area contributed by atoms with Gasteiger partial charge in [0.25, 0.3) is 0 Å². The molecule has 1 unspecified atom stereocenters. The fraction of sp³-hybridized carbons (Fsp3) is 0.567. The fourth-order valence-electron chi connectivity index (χ4n) is 5.83. The average molecular weight is 587 g/mol. The van der Waals surface area contributed by atoms with E-state index in [2.05, 4.69) is 9.80 Å². The van der Waals surface area contributed by atoms with Crippen molar-refractivity contribution in [3.63, 3.8) is 0 Å². The molecule has 41 heavy (non-hydrogen) atoms. The number of hydrogen-bond donors (Lipinski definition) is 0. The summed E-state index contributed by atoms with van der Waals surface area (Å²) in [5.41, 5.74) is -1.91. The van der Waals surface area contributed by atoms with Crippen LogP contribution in [0.15, 0.2) is 48.5 Å². The van der Waals surface area contributed by atoms with E-state index >= 15 is 0 Å². The van der Waals surface area contributed by atoms with Crippen molar-refractivity contribution in [1.29, 1.82) is 0 Å². The minimum atomic E-state index is -4.90. The molecular weight excluding hydrogens is 550 g/mol. The number of esters is 1. The van der Waals surface area contributed by atoms with Gasteiger partial charge in [-0.25, -0.2) is 0 Å². The summed E-state index contributed by atoms with van der Waals surface area (Å²) in [6.45, 7) is 5.06. The number of benzene rings is 2. The van der Waals surface area contributed by atoms with Crippen LogP contribution in [0, 0.1) is 5.92 Å². The summed E-state index contributed by atoms with van der Waals surface area (Å²) in [4.78, 5) is 16.8. The van der Waals surface area contributed by atoms with Gasteiger partial charge in [0, 0.05) is 32.2 Å². The number of rotatable bonds is 9.